The molecule has 1 N–H and O–H groups in total. The first-order valence-electron chi connectivity index (χ1n) is 9.53. The lowest BCUT2D eigenvalue weighted by Gasteiger charge is -2.34. The predicted molar refractivity (Wildman–Crippen MR) is 103 cm³/mol. The fourth-order valence-corrected chi connectivity index (χ4v) is 3.26. The summed E-state index contributed by atoms with van der Waals surface area (Å²) in [6, 6.07) is 6.54. The molecule has 1 fully saturated rings. The van der Waals surface area contributed by atoms with Crippen LogP contribution in [0.15, 0.2) is 24.4 Å². The quantitative estimate of drug-likeness (QED) is 0.829. The average Bonchev–Trinajstić information content (AvgIpc) is 3.16. The zero-order valence-corrected chi connectivity index (χ0v) is 15.9. The van der Waals surface area contributed by atoms with Gasteiger partial charge >= 0.3 is 0 Å². The molecule has 4 rings (SSSR count). The van der Waals surface area contributed by atoms with Crippen LogP contribution < -0.4 is 19.7 Å². The van der Waals surface area contributed by atoms with Crippen LogP contribution in [0, 0.1) is 0 Å². The Morgan fingerprint density at radius 3 is 2.78 bits per heavy atom. The van der Waals surface area contributed by atoms with E-state index in [0.29, 0.717) is 18.8 Å². The molecule has 0 bridgehead atoms. The fraction of sp³-hybridized carbons (Fsp3) is 0.526. The zero-order chi connectivity index (χ0) is 18.6. The molecule has 2 aromatic rings. The van der Waals surface area contributed by atoms with E-state index in [9.17, 15) is 0 Å². The van der Waals surface area contributed by atoms with Crippen molar-refractivity contribution in [3.05, 3.63) is 30.0 Å². The van der Waals surface area contributed by atoms with Gasteiger partial charge in [0.05, 0.1) is 6.20 Å². The summed E-state index contributed by atoms with van der Waals surface area (Å²) in [5.74, 6) is 3.17. The molecule has 1 atom stereocenters. The lowest BCUT2D eigenvalue weighted by molar-refractivity contribution is 0.174. The molecule has 8 heteroatoms. The van der Waals surface area contributed by atoms with Gasteiger partial charge in [0.2, 0.25) is 12.7 Å². The normalized spacial score (nSPS) is 17.8. The molecule has 1 aromatic carbocycles. The first-order chi connectivity index (χ1) is 13.2. The molecule has 1 unspecified atom stereocenters. The van der Waals surface area contributed by atoms with E-state index in [4.69, 9.17) is 9.47 Å². The SMILES string of the molecule is CCC(C)Nc1cnnc(N2CCN(Cc3ccc4c(c3)OCO4)CC2)n1. The van der Waals surface area contributed by atoms with E-state index in [1.54, 1.807) is 6.20 Å². The second-order valence-electron chi connectivity index (χ2n) is 7.05. The van der Waals surface area contributed by atoms with Gasteiger partial charge in [-0.1, -0.05) is 13.0 Å². The number of rotatable bonds is 6. The summed E-state index contributed by atoms with van der Waals surface area (Å²) in [6.07, 6.45) is 2.73. The molecule has 3 heterocycles. The largest absolute Gasteiger partial charge is 0.454 e. The van der Waals surface area contributed by atoms with Gasteiger partial charge in [0.15, 0.2) is 17.3 Å². The maximum Gasteiger partial charge on any atom is 0.247 e. The van der Waals surface area contributed by atoms with Crippen LogP contribution in [0.4, 0.5) is 11.8 Å². The summed E-state index contributed by atoms with van der Waals surface area (Å²) in [5.41, 5.74) is 1.24. The number of fused-ring (bicyclic) bond motifs is 1. The molecule has 1 aromatic heterocycles. The first kappa shape index (κ1) is 17.8. The number of anilines is 2. The number of hydrogen-bond acceptors (Lipinski definition) is 8. The number of piperazine rings is 1. The minimum Gasteiger partial charge on any atom is -0.454 e. The lowest BCUT2D eigenvalue weighted by atomic mass is 10.1. The van der Waals surface area contributed by atoms with Gasteiger partial charge in [-0.25, -0.2) is 0 Å². The van der Waals surface area contributed by atoms with Crippen molar-refractivity contribution in [3.8, 4) is 11.5 Å². The second-order valence-corrected chi connectivity index (χ2v) is 7.05. The molecule has 0 saturated carbocycles. The van der Waals surface area contributed by atoms with Gasteiger partial charge in [0.1, 0.15) is 0 Å². The van der Waals surface area contributed by atoms with Crippen molar-refractivity contribution in [2.24, 2.45) is 0 Å². The third-order valence-electron chi connectivity index (χ3n) is 5.05. The van der Waals surface area contributed by atoms with Crippen molar-refractivity contribution in [1.82, 2.24) is 20.1 Å². The van der Waals surface area contributed by atoms with Gasteiger partial charge in [-0.05, 0) is 31.0 Å². The molecule has 0 aliphatic carbocycles. The van der Waals surface area contributed by atoms with E-state index in [1.807, 2.05) is 6.07 Å². The van der Waals surface area contributed by atoms with Crippen LogP contribution in [-0.4, -0.2) is 59.1 Å². The topological polar surface area (TPSA) is 75.6 Å². The number of nitrogens with one attached hydrogen (secondary N) is 1. The highest BCUT2D eigenvalue weighted by Crippen LogP contribution is 2.32. The second kappa shape index (κ2) is 7.96. The molecule has 2 aliphatic heterocycles. The summed E-state index contributed by atoms with van der Waals surface area (Å²) in [4.78, 5) is 9.26. The molecule has 2 aliphatic rings. The Hall–Kier alpha value is -2.61. The monoisotopic (exact) mass is 370 g/mol. The maximum absolute atomic E-state index is 5.47. The minimum atomic E-state index is 0.316. The molecule has 0 amide bonds. The summed E-state index contributed by atoms with van der Waals surface area (Å²) in [6.45, 7) is 9.19. The molecule has 0 spiro atoms. The van der Waals surface area contributed by atoms with Crippen LogP contribution in [0.5, 0.6) is 11.5 Å². The molecular formula is C19H26N6O2. The van der Waals surface area contributed by atoms with Crippen molar-refractivity contribution in [2.75, 3.05) is 43.2 Å². The van der Waals surface area contributed by atoms with E-state index < -0.39 is 0 Å². The summed E-state index contributed by atoms with van der Waals surface area (Å²) < 4.78 is 10.9. The Kier molecular flexibility index (Phi) is 5.24. The predicted octanol–water partition coefficient (Wildman–Crippen LogP) is 2.13. The van der Waals surface area contributed by atoms with Crippen LogP contribution >= 0.6 is 0 Å². The molecular weight excluding hydrogens is 344 g/mol. The maximum atomic E-state index is 5.47. The highest BCUT2D eigenvalue weighted by atomic mass is 16.7. The minimum absolute atomic E-state index is 0.316. The van der Waals surface area contributed by atoms with Crippen LogP contribution in [0.1, 0.15) is 25.8 Å². The Morgan fingerprint density at radius 1 is 1.15 bits per heavy atom. The van der Waals surface area contributed by atoms with E-state index >= 15 is 0 Å². The number of ether oxygens (including phenoxy) is 2. The van der Waals surface area contributed by atoms with Gasteiger partial charge < -0.3 is 19.7 Å². The van der Waals surface area contributed by atoms with Crippen LogP contribution in [0.25, 0.3) is 0 Å². The standard InChI is InChI=1S/C19H26N6O2/c1-3-14(2)21-18-11-20-23-19(22-18)25-8-6-24(7-9-25)12-15-4-5-16-17(10-15)27-13-26-16/h4-5,10-11,14H,3,6-9,12-13H2,1-2H3,(H,21,22,23). The summed E-state index contributed by atoms with van der Waals surface area (Å²) in [7, 11) is 0. The number of aromatic nitrogens is 3. The Bertz CT molecular complexity index is 779. The molecule has 27 heavy (non-hydrogen) atoms. The molecule has 8 nitrogen and oxygen atoms in total. The third kappa shape index (κ3) is 4.21. The van der Waals surface area contributed by atoms with Crippen LogP contribution in [0.2, 0.25) is 0 Å². The van der Waals surface area contributed by atoms with Gasteiger partial charge in [0, 0.05) is 38.8 Å². The van der Waals surface area contributed by atoms with Crippen molar-refractivity contribution in [3.63, 3.8) is 0 Å². The van der Waals surface area contributed by atoms with E-state index in [0.717, 1.165) is 56.5 Å². The van der Waals surface area contributed by atoms with Gasteiger partial charge in [-0.15, -0.1) is 5.10 Å². The third-order valence-corrected chi connectivity index (χ3v) is 5.05. The average molecular weight is 370 g/mol. The van der Waals surface area contributed by atoms with Crippen LogP contribution in [-0.2, 0) is 6.54 Å². The van der Waals surface area contributed by atoms with E-state index in [-0.39, 0.29) is 0 Å². The zero-order valence-electron chi connectivity index (χ0n) is 15.9. The van der Waals surface area contributed by atoms with Gasteiger partial charge in [0.25, 0.3) is 0 Å². The highest BCUT2D eigenvalue weighted by molar-refractivity contribution is 5.44. The van der Waals surface area contributed by atoms with Gasteiger partial charge in [-0.2, -0.15) is 10.1 Å². The van der Waals surface area contributed by atoms with Crippen molar-refractivity contribution in [1.29, 1.82) is 0 Å². The number of benzene rings is 1. The fourth-order valence-electron chi connectivity index (χ4n) is 3.26. The lowest BCUT2D eigenvalue weighted by Crippen LogP contribution is -2.46. The van der Waals surface area contributed by atoms with Gasteiger partial charge in [-0.3, -0.25) is 4.90 Å². The van der Waals surface area contributed by atoms with Crippen molar-refractivity contribution >= 4 is 11.8 Å². The Labute approximate surface area is 159 Å². The number of nitrogens with zero attached hydrogens (tertiary/aromatic N) is 5. The van der Waals surface area contributed by atoms with E-state index in [2.05, 4.69) is 56.3 Å². The summed E-state index contributed by atoms with van der Waals surface area (Å²) >= 11 is 0. The van der Waals surface area contributed by atoms with Crippen molar-refractivity contribution < 1.29 is 9.47 Å². The van der Waals surface area contributed by atoms with E-state index in [1.165, 1.54) is 5.56 Å². The van der Waals surface area contributed by atoms with Crippen molar-refractivity contribution in [2.45, 2.75) is 32.9 Å². The Morgan fingerprint density at radius 2 is 1.96 bits per heavy atom. The van der Waals surface area contributed by atoms with Crippen LogP contribution in [0.3, 0.4) is 0 Å². The summed E-state index contributed by atoms with van der Waals surface area (Å²) in [5, 5.41) is 11.7. The molecule has 144 valence electrons. The Balaban J connectivity index is 1.33. The number of hydrogen-bond donors (Lipinski definition) is 1. The highest BCUT2D eigenvalue weighted by Gasteiger charge is 2.21. The smallest absolute Gasteiger partial charge is 0.247 e. The first-order valence-corrected chi connectivity index (χ1v) is 9.53. The molecule has 1 saturated heterocycles. The molecule has 0 radical (unpaired) electrons.